The van der Waals surface area contributed by atoms with Crippen LogP contribution in [0.15, 0.2) is 59.7 Å². The molecule has 10 nitrogen and oxygen atoms in total. The summed E-state index contributed by atoms with van der Waals surface area (Å²) in [7, 11) is 0. The molecule has 1 fully saturated rings. The summed E-state index contributed by atoms with van der Waals surface area (Å²) in [6, 6.07) is 14.9. The Bertz CT molecular complexity index is 1740. The lowest BCUT2D eigenvalue weighted by Crippen LogP contribution is -2.61. The number of urea groups is 1. The normalized spacial score (nSPS) is 21.6. The monoisotopic (exact) mass is 721 g/mol. The quantitative estimate of drug-likeness (QED) is 0.281. The van der Waals surface area contributed by atoms with Crippen molar-refractivity contribution in [3.8, 4) is 5.88 Å². The Balaban J connectivity index is 1.64. The van der Waals surface area contributed by atoms with Crippen LogP contribution in [0.3, 0.4) is 0 Å². The number of benzene rings is 2. The number of amides is 3. The van der Waals surface area contributed by atoms with Crippen molar-refractivity contribution >= 4 is 41.0 Å². The number of piperazine rings is 1. The Morgan fingerprint density at radius 2 is 1.44 bits per heavy atom. The molecule has 3 heterocycles. The molecule has 12 heteroatoms. The van der Waals surface area contributed by atoms with Gasteiger partial charge in [-0.05, 0) is 76.9 Å². The summed E-state index contributed by atoms with van der Waals surface area (Å²) in [6.07, 6.45) is 1.72. The highest BCUT2D eigenvalue weighted by Crippen LogP contribution is 2.54. The summed E-state index contributed by atoms with van der Waals surface area (Å²) in [4.78, 5) is 48.7. The number of ether oxygens (including phenoxy) is 1. The molecule has 1 unspecified atom stereocenters. The fraction of sp³-hybridized carbons (Fsp3) is 0.500. The van der Waals surface area contributed by atoms with E-state index < -0.39 is 11.1 Å². The van der Waals surface area contributed by atoms with Crippen LogP contribution in [-0.2, 0) is 21.3 Å². The number of carbonyl (C=O) groups is 2. The minimum atomic E-state index is -1.06. The average molecular weight is 723 g/mol. The molecule has 1 N–H and O–H groups in total. The Morgan fingerprint density at radius 1 is 0.880 bits per heavy atom. The Morgan fingerprint density at radius 3 is 1.96 bits per heavy atom. The molecule has 0 spiro atoms. The molecule has 2 atom stereocenters. The fourth-order valence-corrected chi connectivity index (χ4v) is 6.85. The van der Waals surface area contributed by atoms with Gasteiger partial charge in [-0.25, -0.2) is 9.78 Å². The largest absolute Gasteiger partial charge is 0.477 e. The summed E-state index contributed by atoms with van der Waals surface area (Å²) < 4.78 is 6.16. The second-order valence-corrected chi connectivity index (χ2v) is 16.2. The first-order valence-electron chi connectivity index (χ1n) is 17.1. The zero-order valence-electron chi connectivity index (χ0n) is 30.6. The molecule has 3 aromatic rings. The number of aliphatic imine (C=N–C) groups is 1. The molecule has 5 rings (SSSR count). The molecule has 2 aliphatic heterocycles. The Labute approximate surface area is 306 Å². The van der Waals surface area contributed by atoms with Crippen LogP contribution >= 0.6 is 23.2 Å². The standard InChI is InChI=1S/C38H49Cl2N7O3/c1-10-50-32-29(23-41-33(42-32)35(2,3)4)31-44-37(8,25-11-15-27(39)16-12-25)38(9,26-13-17-28(40)18-14-26)47(31)34(49)46-21-19-45(20-22-46)24-30(48)43-36(5,6)7/h11-18,23H,10,19-22,24H2,1-9H3,(H,43,48)/t37-,38?/m0/s1. The van der Waals surface area contributed by atoms with Gasteiger partial charge in [0, 0.05) is 53.4 Å². The van der Waals surface area contributed by atoms with Gasteiger partial charge in [-0.2, -0.15) is 4.98 Å². The number of hydrogen-bond donors (Lipinski definition) is 1. The van der Waals surface area contributed by atoms with Gasteiger partial charge in [0.15, 0.2) is 0 Å². The van der Waals surface area contributed by atoms with Crippen LogP contribution in [0, 0.1) is 0 Å². The molecular weight excluding hydrogens is 673 g/mol. The van der Waals surface area contributed by atoms with E-state index in [9.17, 15) is 4.79 Å². The van der Waals surface area contributed by atoms with Crippen LogP contribution in [0.2, 0.25) is 10.0 Å². The van der Waals surface area contributed by atoms with Crippen molar-refractivity contribution in [1.29, 1.82) is 0 Å². The van der Waals surface area contributed by atoms with Gasteiger partial charge in [0.2, 0.25) is 11.8 Å². The summed E-state index contributed by atoms with van der Waals surface area (Å²) in [5.41, 5.74) is -0.498. The number of hydrogen-bond acceptors (Lipinski definition) is 7. The Hall–Kier alpha value is -3.73. The van der Waals surface area contributed by atoms with Crippen molar-refractivity contribution in [2.75, 3.05) is 39.3 Å². The van der Waals surface area contributed by atoms with Gasteiger partial charge in [0.25, 0.3) is 0 Å². The molecule has 2 aliphatic rings. The third-order valence-corrected chi connectivity index (χ3v) is 9.92. The van der Waals surface area contributed by atoms with Crippen molar-refractivity contribution in [3.63, 3.8) is 0 Å². The van der Waals surface area contributed by atoms with E-state index in [0.29, 0.717) is 65.9 Å². The Kier molecular flexibility index (Phi) is 10.6. The fourth-order valence-electron chi connectivity index (χ4n) is 6.59. The molecule has 0 bridgehead atoms. The predicted molar refractivity (Wildman–Crippen MR) is 199 cm³/mol. The summed E-state index contributed by atoms with van der Waals surface area (Å²) in [6.45, 7) is 20.6. The lowest BCUT2D eigenvalue weighted by atomic mass is 9.71. The highest BCUT2D eigenvalue weighted by molar-refractivity contribution is 6.30. The smallest absolute Gasteiger partial charge is 0.326 e. The van der Waals surface area contributed by atoms with Crippen molar-refractivity contribution in [2.45, 2.75) is 84.3 Å². The van der Waals surface area contributed by atoms with Crippen molar-refractivity contribution < 1.29 is 14.3 Å². The molecule has 1 saturated heterocycles. The van der Waals surface area contributed by atoms with Crippen LogP contribution in [0.5, 0.6) is 5.88 Å². The first-order valence-corrected chi connectivity index (χ1v) is 17.9. The first-order chi connectivity index (χ1) is 23.4. The molecule has 3 amide bonds. The average Bonchev–Trinajstić information content (AvgIpc) is 3.28. The van der Waals surface area contributed by atoms with E-state index >= 15 is 4.79 Å². The van der Waals surface area contributed by atoms with E-state index in [1.54, 1.807) is 11.1 Å². The SMILES string of the molecule is CCOc1nc(C(C)(C)C)ncc1C1=N[C@@](C)(c2ccc(Cl)cc2)C(C)(c2ccc(Cl)cc2)N1C(=O)N1CCN(CC(=O)NC(C)(C)C)CC1. The van der Waals surface area contributed by atoms with Crippen molar-refractivity contribution in [1.82, 2.24) is 30.0 Å². The summed E-state index contributed by atoms with van der Waals surface area (Å²) in [5, 5.41) is 4.21. The van der Waals surface area contributed by atoms with Gasteiger partial charge in [-0.1, -0.05) is 68.2 Å². The van der Waals surface area contributed by atoms with Crippen molar-refractivity contribution in [2.24, 2.45) is 4.99 Å². The molecule has 0 radical (unpaired) electrons. The van der Waals surface area contributed by atoms with Crippen LogP contribution < -0.4 is 10.1 Å². The minimum Gasteiger partial charge on any atom is -0.477 e. The van der Waals surface area contributed by atoms with Crippen molar-refractivity contribution in [3.05, 3.63) is 87.3 Å². The maximum absolute atomic E-state index is 15.2. The van der Waals surface area contributed by atoms with Gasteiger partial charge in [-0.3, -0.25) is 19.6 Å². The van der Waals surface area contributed by atoms with Crippen LogP contribution in [0.4, 0.5) is 4.79 Å². The molecule has 2 aromatic carbocycles. The molecule has 0 saturated carbocycles. The zero-order chi connectivity index (χ0) is 36.6. The topological polar surface area (TPSA) is 103 Å². The second-order valence-electron chi connectivity index (χ2n) is 15.4. The third-order valence-electron chi connectivity index (χ3n) is 9.41. The number of carbonyl (C=O) groups excluding carboxylic acids is 2. The minimum absolute atomic E-state index is 0.0394. The number of halogens is 2. The molecule has 1 aromatic heterocycles. The third kappa shape index (κ3) is 7.48. The van der Waals surface area contributed by atoms with Gasteiger partial charge in [0.05, 0.1) is 18.7 Å². The van der Waals surface area contributed by atoms with Crippen LogP contribution in [0.25, 0.3) is 0 Å². The number of nitrogens with one attached hydrogen (secondary N) is 1. The number of nitrogens with zero attached hydrogens (tertiary/aromatic N) is 6. The van der Waals surface area contributed by atoms with Crippen LogP contribution in [0.1, 0.15) is 84.8 Å². The van der Waals surface area contributed by atoms with E-state index in [-0.39, 0.29) is 29.4 Å². The van der Waals surface area contributed by atoms with Gasteiger partial charge in [-0.15, -0.1) is 0 Å². The lowest BCUT2D eigenvalue weighted by molar-refractivity contribution is -0.124. The second kappa shape index (κ2) is 14.1. The number of aromatic nitrogens is 2. The highest BCUT2D eigenvalue weighted by Gasteiger charge is 2.60. The number of amidine groups is 1. The van der Waals surface area contributed by atoms with E-state index in [1.807, 2.05) is 116 Å². The van der Waals surface area contributed by atoms with Gasteiger partial charge in [0.1, 0.15) is 22.7 Å². The van der Waals surface area contributed by atoms with Gasteiger partial charge < -0.3 is 15.0 Å². The molecular formula is C38H49Cl2N7O3. The molecule has 0 aliphatic carbocycles. The predicted octanol–water partition coefficient (Wildman–Crippen LogP) is 7.02. The summed E-state index contributed by atoms with van der Waals surface area (Å²) >= 11 is 12.8. The van der Waals surface area contributed by atoms with E-state index in [4.69, 9.17) is 42.9 Å². The highest BCUT2D eigenvalue weighted by atomic mass is 35.5. The van der Waals surface area contributed by atoms with E-state index in [2.05, 4.69) is 10.2 Å². The maximum Gasteiger partial charge on any atom is 0.326 e. The van der Waals surface area contributed by atoms with Crippen LogP contribution in [-0.4, -0.2) is 87.3 Å². The molecule has 268 valence electrons. The first kappa shape index (κ1) is 37.5. The lowest BCUT2D eigenvalue weighted by Gasteiger charge is -2.47. The van der Waals surface area contributed by atoms with E-state index in [0.717, 1.165) is 11.1 Å². The van der Waals surface area contributed by atoms with Gasteiger partial charge >= 0.3 is 6.03 Å². The number of rotatable bonds is 7. The zero-order valence-corrected chi connectivity index (χ0v) is 32.1. The summed E-state index contributed by atoms with van der Waals surface area (Å²) in [5.74, 6) is 1.34. The van der Waals surface area contributed by atoms with E-state index in [1.165, 1.54) is 0 Å². The molecule has 50 heavy (non-hydrogen) atoms. The maximum atomic E-state index is 15.2.